The van der Waals surface area contributed by atoms with Crippen LogP contribution in [0.1, 0.15) is 34.6 Å². The smallest absolute Gasteiger partial charge is 0.410 e. The van der Waals surface area contributed by atoms with Crippen LogP contribution in [-0.4, -0.2) is 53.7 Å². The maximum absolute atomic E-state index is 12.0. The van der Waals surface area contributed by atoms with E-state index in [-0.39, 0.29) is 12.1 Å². The summed E-state index contributed by atoms with van der Waals surface area (Å²) in [4.78, 5) is 16.1. The molecule has 0 aromatic carbocycles. The first-order chi connectivity index (χ1) is 7.20. The van der Waals surface area contributed by atoms with Gasteiger partial charge in [0.15, 0.2) is 0 Å². The maximum atomic E-state index is 12.0. The molecule has 1 rings (SSSR count). The molecule has 1 aliphatic rings. The molecule has 4 heteroatoms. The average molecular weight is 228 g/mol. The quantitative estimate of drug-likeness (QED) is 0.635. The monoisotopic (exact) mass is 228 g/mol. The number of hydrogen-bond donors (Lipinski definition) is 0. The molecule has 0 N–H and O–H groups in total. The van der Waals surface area contributed by atoms with Crippen molar-refractivity contribution in [3.63, 3.8) is 0 Å². The molecule has 1 fully saturated rings. The summed E-state index contributed by atoms with van der Waals surface area (Å²) in [6, 6.07) is 0.611. The number of carbonyl (C=O) groups is 1. The molecule has 1 aliphatic heterocycles. The third kappa shape index (κ3) is 3.37. The first kappa shape index (κ1) is 13.3. The van der Waals surface area contributed by atoms with Crippen LogP contribution in [0.3, 0.4) is 0 Å². The highest BCUT2D eigenvalue weighted by atomic mass is 16.6. The van der Waals surface area contributed by atoms with Crippen LogP contribution in [0.2, 0.25) is 0 Å². The number of nitrogens with zero attached hydrogens (tertiary/aromatic N) is 2. The lowest BCUT2D eigenvalue weighted by Gasteiger charge is -2.42. The Morgan fingerprint density at radius 1 is 1.19 bits per heavy atom. The van der Waals surface area contributed by atoms with E-state index < -0.39 is 5.60 Å². The summed E-state index contributed by atoms with van der Waals surface area (Å²) in [5, 5.41) is 0. The second-order valence-corrected chi connectivity index (χ2v) is 5.77. The highest BCUT2D eigenvalue weighted by Crippen LogP contribution is 2.17. The normalized spacial score (nSPS) is 28.0. The van der Waals surface area contributed by atoms with Crippen LogP contribution >= 0.6 is 0 Å². The van der Waals surface area contributed by atoms with E-state index in [1.165, 1.54) is 0 Å². The molecule has 1 heterocycles. The Hall–Kier alpha value is -0.770. The minimum Gasteiger partial charge on any atom is -0.444 e. The van der Waals surface area contributed by atoms with E-state index in [9.17, 15) is 4.79 Å². The minimum absolute atomic E-state index is 0.194. The summed E-state index contributed by atoms with van der Waals surface area (Å²) in [6.07, 6.45) is -0.194. The fourth-order valence-corrected chi connectivity index (χ4v) is 1.87. The molecule has 0 bridgehead atoms. The predicted molar refractivity (Wildman–Crippen MR) is 64.5 cm³/mol. The summed E-state index contributed by atoms with van der Waals surface area (Å²) >= 11 is 0. The van der Waals surface area contributed by atoms with Crippen LogP contribution in [0.5, 0.6) is 0 Å². The molecule has 1 saturated heterocycles. The van der Waals surface area contributed by atoms with E-state index in [1.807, 2.05) is 25.7 Å². The zero-order valence-electron chi connectivity index (χ0n) is 11.3. The van der Waals surface area contributed by atoms with Crippen LogP contribution in [0.15, 0.2) is 0 Å². The fraction of sp³-hybridized carbons (Fsp3) is 0.917. The van der Waals surface area contributed by atoms with Gasteiger partial charge in [-0.15, -0.1) is 0 Å². The highest BCUT2D eigenvalue weighted by molar-refractivity contribution is 5.68. The summed E-state index contributed by atoms with van der Waals surface area (Å²) in [7, 11) is 2.09. The zero-order chi connectivity index (χ0) is 12.5. The zero-order valence-corrected chi connectivity index (χ0v) is 11.3. The van der Waals surface area contributed by atoms with Gasteiger partial charge in [-0.1, -0.05) is 0 Å². The van der Waals surface area contributed by atoms with E-state index in [4.69, 9.17) is 4.74 Å². The molecule has 16 heavy (non-hydrogen) atoms. The molecule has 0 aliphatic carbocycles. The van der Waals surface area contributed by atoms with Gasteiger partial charge >= 0.3 is 6.09 Å². The molecule has 0 radical (unpaired) electrons. The number of carbonyl (C=O) groups excluding carboxylic acids is 1. The second kappa shape index (κ2) is 4.62. The lowest BCUT2D eigenvalue weighted by atomic mass is 10.1. The Morgan fingerprint density at radius 3 is 2.25 bits per heavy atom. The standard InChI is InChI=1S/C12H24N2O2/c1-9-8-14(10(2)7-13(9)6)11(15)16-12(3,4)5/h9-10H,7-8H2,1-6H3/t9-,10-/m0/s1. The second-order valence-electron chi connectivity index (χ2n) is 5.77. The van der Waals surface area contributed by atoms with Crippen molar-refractivity contribution in [1.29, 1.82) is 0 Å². The van der Waals surface area contributed by atoms with Crippen molar-refractivity contribution in [3.8, 4) is 0 Å². The Kier molecular flexibility index (Phi) is 3.84. The summed E-state index contributed by atoms with van der Waals surface area (Å²) in [6.45, 7) is 11.5. The first-order valence-electron chi connectivity index (χ1n) is 5.90. The van der Waals surface area contributed by atoms with Crippen molar-refractivity contribution in [2.45, 2.75) is 52.3 Å². The van der Waals surface area contributed by atoms with Crippen molar-refractivity contribution < 1.29 is 9.53 Å². The number of ether oxygens (including phenoxy) is 1. The average Bonchev–Trinajstić information content (AvgIpc) is 2.08. The lowest BCUT2D eigenvalue weighted by molar-refractivity contribution is -0.00532. The Balaban J connectivity index is 2.62. The molecule has 4 nitrogen and oxygen atoms in total. The van der Waals surface area contributed by atoms with Gasteiger partial charge in [0.2, 0.25) is 0 Å². The molecule has 1 amide bonds. The number of amides is 1. The third-order valence-corrected chi connectivity index (χ3v) is 2.93. The number of piperazine rings is 1. The van der Waals surface area contributed by atoms with E-state index >= 15 is 0 Å². The summed E-state index contributed by atoms with van der Waals surface area (Å²) < 4.78 is 5.40. The Morgan fingerprint density at radius 2 is 1.75 bits per heavy atom. The van der Waals surface area contributed by atoms with Gasteiger partial charge in [0.05, 0.1) is 0 Å². The van der Waals surface area contributed by atoms with E-state index in [2.05, 4.69) is 25.8 Å². The van der Waals surface area contributed by atoms with Crippen molar-refractivity contribution in [3.05, 3.63) is 0 Å². The molecule has 0 spiro atoms. The van der Waals surface area contributed by atoms with Gasteiger partial charge in [-0.2, -0.15) is 0 Å². The highest BCUT2D eigenvalue weighted by Gasteiger charge is 2.32. The van der Waals surface area contributed by atoms with Crippen LogP contribution in [-0.2, 0) is 4.74 Å². The predicted octanol–water partition coefficient (Wildman–Crippen LogP) is 1.95. The van der Waals surface area contributed by atoms with E-state index in [1.54, 1.807) is 0 Å². The SMILES string of the molecule is C[C@H]1CN(C(=O)OC(C)(C)C)[C@@H](C)CN1C. The molecule has 0 saturated carbocycles. The molecular weight excluding hydrogens is 204 g/mol. The van der Waals surface area contributed by atoms with E-state index in [0.29, 0.717) is 6.04 Å². The van der Waals surface area contributed by atoms with Crippen molar-refractivity contribution in [1.82, 2.24) is 9.80 Å². The van der Waals surface area contributed by atoms with Crippen LogP contribution < -0.4 is 0 Å². The van der Waals surface area contributed by atoms with Gasteiger partial charge < -0.3 is 9.64 Å². The van der Waals surface area contributed by atoms with Crippen LogP contribution in [0, 0.1) is 0 Å². The Labute approximate surface area is 98.5 Å². The van der Waals surface area contributed by atoms with E-state index in [0.717, 1.165) is 13.1 Å². The molecular formula is C12H24N2O2. The molecule has 94 valence electrons. The molecule has 0 aromatic heterocycles. The third-order valence-electron chi connectivity index (χ3n) is 2.93. The Bertz CT molecular complexity index is 260. The van der Waals surface area contributed by atoms with Gasteiger partial charge in [-0.25, -0.2) is 4.79 Å². The largest absolute Gasteiger partial charge is 0.444 e. The van der Waals surface area contributed by atoms with Gasteiger partial charge in [-0.05, 0) is 41.7 Å². The van der Waals surface area contributed by atoms with Gasteiger partial charge in [0.1, 0.15) is 5.60 Å². The van der Waals surface area contributed by atoms with Gasteiger partial charge in [-0.3, -0.25) is 4.90 Å². The maximum Gasteiger partial charge on any atom is 0.410 e. The lowest BCUT2D eigenvalue weighted by Crippen LogP contribution is -2.57. The van der Waals surface area contributed by atoms with Crippen LogP contribution in [0.25, 0.3) is 0 Å². The number of hydrogen-bond acceptors (Lipinski definition) is 3. The van der Waals surface area contributed by atoms with Crippen molar-refractivity contribution >= 4 is 6.09 Å². The minimum atomic E-state index is -0.413. The van der Waals surface area contributed by atoms with Crippen molar-refractivity contribution in [2.24, 2.45) is 0 Å². The van der Waals surface area contributed by atoms with Crippen LogP contribution in [0.4, 0.5) is 4.79 Å². The fourth-order valence-electron chi connectivity index (χ4n) is 1.87. The van der Waals surface area contributed by atoms with Crippen molar-refractivity contribution in [2.75, 3.05) is 20.1 Å². The topological polar surface area (TPSA) is 32.8 Å². The number of likely N-dealkylation sites (N-methyl/N-ethyl adjacent to an activating group) is 1. The van der Waals surface area contributed by atoms with Gasteiger partial charge in [0, 0.05) is 25.2 Å². The summed E-state index contributed by atoms with van der Waals surface area (Å²) in [5.74, 6) is 0. The molecule has 0 unspecified atom stereocenters. The van der Waals surface area contributed by atoms with Gasteiger partial charge in [0.25, 0.3) is 0 Å². The molecule has 0 aromatic rings. The number of rotatable bonds is 0. The summed E-state index contributed by atoms with van der Waals surface area (Å²) in [5.41, 5.74) is -0.413. The molecule has 2 atom stereocenters. The first-order valence-corrected chi connectivity index (χ1v) is 5.90.